The zero-order valence-corrected chi connectivity index (χ0v) is 12.3. The Morgan fingerprint density at radius 3 is 3.00 bits per heavy atom. The summed E-state index contributed by atoms with van der Waals surface area (Å²) in [6.07, 6.45) is 1.73. The predicted octanol–water partition coefficient (Wildman–Crippen LogP) is 3.72. The average Bonchev–Trinajstić information content (AvgIpc) is 2.95. The Bertz CT molecular complexity index is 765. The van der Waals surface area contributed by atoms with Gasteiger partial charge in [0.05, 0.1) is 4.90 Å². The van der Waals surface area contributed by atoms with Gasteiger partial charge in [0.2, 0.25) is 0 Å². The zero-order chi connectivity index (χ0) is 13.4. The van der Waals surface area contributed by atoms with Crippen molar-refractivity contribution < 1.29 is 4.21 Å². The number of halogens is 1. The molecule has 19 heavy (non-hydrogen) atoms. The molecule has 0 radical (unpaired) electrons. The molecule has 0 amide bonds. The molecule has 0 saturated heterocycles. The lowest BCUT2D eigenvalue weighted by Crippen LogP contribution is -2.04. The van der Waals surface area contributed by atoms with E-state index in [1.807, 2.05) is 25.1 Å². The van der Waals surface area contributed by atoms with E-state index in [4.69, 9.17) is 11.6 Å². The van der Waals surface area contributed by atoms with E-state index in [1.165, 1.54) is 11.5 Å². The molecule has 3 rings (SSSR count). The highest BCUT2D eigenvalue weighted by Crippen LogP contribution is 2.25. The third kappa shape index (κ3) is 2.51. The first-order valence-electron chi connectivity index (χ1n) is 5.52. The fraction of sp³-hybridized carbons (Fsp3) is 0.0833. The van der Waals surface area contributed by atoms with Gasteiger partial charge in [-0.2, -0.15) is 4.37 Å². The highest BCUT2D eigenvalue weighted by Gasteiger charge is 2.12. The Kier molecular flexibility index (Phi) is 3.30. The molecule has 0 aliphatic carbocycles. The van der Waals surface area contributed by atoms with Crippen molar-refractivity contribution in [3.63, 3.8) is 0 Å². The third-order valence-corrected chi connectivity index (χ3v) is 4.69. The first-order valence-corrected chi connectivity index (χ1v) is 7.82. The maximum absolute atomic E-state index is 12.3. The average molecular weight is 312 g/mol. The monoisotopic (exact) mass is 311 g/mol. The molecule has 2 aromatic heterocycles. The van der Waals surface area contributed by atoms with Gasteiger partial charge in [0.25, 0.3) is 0 Å². The van der Waals surface area contributed by atoms with Crippen LogP contribution in [0.25, 0.3) is 10.9 Å². The number of nitrogens with zero attached hydrogens (tertiary/aromatic N) is 1. The molecule has 98 valence electrons. The minimum atomic E-state index is -1.35. The molecule has 0 aliphatic rings. The summed E-state index contributed by atoms with van der Waals surface area (Å²) in [5.74, 6) is 0.629. The largest absolute Gasteiger partial charge is 0.360 e. The van der Waals surface area contributed by atoms with Crippen LogP contribution in [-0.2, 0) is 11.0 Å². The molecule has 7 heteroatoms. The number of aromatic nitrogens is 2. The molecule has 3 aromatic rings. The summed E-state index contributed by atoms with van der Waals surface area (Å²) in [5, 5.41) is 1.54. The fourth-order valence-electron chi connectivity index (χ4n) is 1.79. The highest BCUT2D eigenvalue weighted by molar-refractivity contribution is 7.86. The maximum atomic E-state index is 12.3. The summed E-state index contributed by atoms with van der Waals surface area (Å²) in [7, 11) is -1.35. The number of fused-ring (bicyclic) bond motifs is 1. The Morgan fingerprint density at radius 1 is 1.42 bits per heavy atom. The van der Waals surface area contributed by atoms with Crippen molar-refractivity contribution in [1.29, 1.82) is 0 Å². The predicted molar refractivity (Wildman–Crippen MR) is 80.2 cm³/mol. The van der Waals surface area contributed by atoms with Gasteiger partial charge in [-0.05, 0) is 36.7 Å². The van der Waals surface area contributed by atoms with Crippen molar-refractivity contribution in [2.24, 2.45) is 0 Å². The van der Waals surface area contributed by atoms with Crippen LogP contribution in [0.2, 0.25) is 5.02 Å². The Balaban J connectivity index is 1.93. The molecule has 0 fully saturated rings. The Hall–Kier alpha value is -1.37. The Labute approximate surface area is 121 Å². The van der Waals surface area contributed by atoms with Crippen LogP contribution >= 0.6 is 23.1 Å². The van der Waals surface area contributed by atoms with E-state index in [2.05, 4.69) is 14.1 Å². The van der Waals surface area contributed by atoms with Crippen molar-refractivity contribution >= 4 is 50.8 Å². The summed E-state index contributed by atoms with van der Waals surface area (Å²) in [6.45, 7) is 1.96. The number of rotatable bonds is 3. The van der Waals surface area contributed by atoms with E-state index in [9.17, 15) is 4.21 Å². The molecule has 1 aromatic carbocycles. The summed E-state index contributed by atoms with van der Waals surface area (Å²) in [6, 6.07) is 7.32. The smallest absolute Gasteiger partial charge is 0.153 e. The number of aryl methyl sites for hydroxylation is 1. The molecule has 0 aliphatic heterocycles. The number of hydrogen-bond acceptors (Lipinski definition) is 3. The van der Waals surface area contributed by atoms with Crippen molar-refractivity contribution in [3.05, 3.63) is 40.4 Å². The lowest BCUT2D eigenvalue weighted by molar-refractivity contribution is 0.687. The number of nitrogens with one attached hydrogen (secondary N) is 2. The number of anilines is 1. The van der Waals surface area contributed by atoms with Crippen LogP contribution in [0, 0.1) is 6.92 Å². The fourth-order valence-corrected chi connectivity index (χ4v) is 3.47. The van der Waals surface area contributed by atoms with Gasteiger partial charge in [-0.3, -0.25) is 4.72 Å². The van der Waals surface area contributed by atoms with E-state index in [-0.39, 0.29) is 0 Å². The van der Waals surface area contributed by atoms with Gasteiger partial charge in [0.1, 0.15) is 0 Å². The van der Waals surface area contributed by atoms with Crippen LogP contribution in [0.5, 0.6) is 0 Å². The van der Waals surface area contributed by atoms with Gasteiger partial charge in [-0.1, -0.05) is 17.7 Å². The van der Waals surface area contributed by atoms with Gasteiger partial charge in [-0.25, -0.2) is 4.21 Å². The molecule has 1 atom stereocenters. The van der Waals surface area contributed by atoms with Crippen LogP contribution in [-0.4, -0.2) is 13.6 Å². The van der Waals surface area contributed by atoms with Crippen LogP contribution in [0.3, 0.4) is 0 Å². The van der Waals surface area contributed by atoms with E-state index in [0.717, 1.165) is 15.8 Å². The normalized spacial score (nSPS) is 12.7. The van der Waals surface area contributed by atoms with Crippen molar-refractivity contribution in [3.8, 4) is 0 Å². The summed E-state index contributed by atoms with van der Waals surface area (Å²) in [5.41, 5.74) is 0.868. The lowest BCUT2D eigenvalue weighted by atomic mass is 10.2. The quantitative estimate of drug-likeness (QED) is 0.774. The number of aromatic amines is 1. The van der Waals surface area contributed by atoms with Gasteiger partial charge in [0, 0.05) is 27.0 Å². The standard InChI is InChI=1S/C12H10ClN3OS2/c1-7-4-12(15-18-7)16-19(17)11-6-14-10-5-8(13)2-3-9(10)11/h2-6,14H,1H3,(H,15,16). The minimum absolute atomic E-state index is 0.629. The van der Waals surface area contributed by atoms with E-state index in [0.29, 0.717) is 15.7 Å². The van der Waals surface area contributed by atoms with Crippen molar-refractivity contribution in [2.75, 3.05) is 4.72 Å². The number of benzene rings is 1. The SMILES string of the molecule is Cc1cc(NS(=O)c2c[nH]c3cc(Cl)ccc23)ns1. The molecule has 0 bridgehead atoms. The molecule has 0 saturated carbocycles. The first kappa shape index (κ1) is 12.7. The number of hydrogen-bond donors (Lipinski definition) is 2. The van der Waals surface area contributed by atoms with Crippen molar-refractivity contribution in [2.45, 2.75) is 11.8 Å². The topological polar surface area (TPSA) is 57.8 Å². The van der Waals surface area contributed by atoms with Crippen LogP contribution in [0.1, 0.15) is 4.88 Å². The van der Waals surface area contributed by atoms with E-state index >= 15 is 0 Å². The third-order valence-electron chi connectivity index (χ3n) is 2.63. The van der Waals surface area contributed by atoms with Crippen molar-refractivity contribution in [1.82, 2.24) is 9.36 Å². The molecule has 1 unspecified atom stereocenters. The second kappa shape index (κ2) is 4.96. The maximum Gasteiger partial charge on any atom is 0.153 e. The molecule has 0 spiro atoms. The molecule has 2 heterocycles. The summed E-state index contributed by atoms with van der Waals surface area (Å²) < 4.78 is 19.4. The van der Waals surface area contributed by atoms with Crippen LogP contribution in [0.4, 0.5) is 5.82 Å². The second-order valence-corrected chi connectivity index (χ2v) is 6.66. The number of H-pyrrole nitrogens is 1. The molecular weight excluding hydrogens is 302 g/mol. The van der Waals surface area contributed by atoms with Crippen LogP contribution < -0.4 is 4.72 Å². The highest BCUT2D eigenvalue weighted by atomic mass is 35.5. The lowest BCUT2D eigenvalue weighted by Gasteiger charge is -2.01. The molecule has 4 nitrogen and oxygen atoms in total. The van der Waals surface area contributed by atoms with Crippen LogP contribution in [0.15, 0.2) is 35.4 Å². The van der Waals surface area contributed by atoms with E-state index < -0.39 is 11.0 Å². The zero-order valence-electron chi connectivity index (χ0n) is 9.94. The second-order valence-electron chi connectivity index (χ2n) is 4.04. The first-order chi connectivity index (χ1) is 9.13. The molecular formula is C12H10ClN3OS2. The minimum Gasteiger partial charge on any atom is -0.360 e. The van der Waals surface area contributed by atoms with Gasteiger partial charge >= 0.3 is 0 Å². The van der Waals surface area contributed by atoms with E-state index in [1.54, 1.807) is 12.3 Å². The molecule has 2 N–H and O–H groups in total. The Morgan fingerprint density at radius 2 is 2.26 bits per heavy atom. The summed E-state index contributed by atoms with van der Waals surface area (Å²) in [4.78, 5) is 4.83. The van der Waals surface area contributed by atoms with Gasteiger partial charge in [-0.15, -0.1) is 0 Å². The van der Waals surface area contributed by atoms with Gasteiger partial charge in [0.15, 0.2) is 16.8 Å². The summed E-state index contributed by atoms with van der Waals surface area (Å²) >= 11 is 7.30. The van der Waals surface area contributed by atoms with Gasteiger partial charge < -0.3 is 4.98 Å².